The third kappa shape index (κ3) is 1.95. The number of carbonyl (C=O) groups excluding carboxylic acids is 1. The van der Waals surface area contributed by atoms with Gasteiger partial charge in [0.05, 0.1) is 18.4 Å². The van der Waals surface area contributed by atoms with Crippen LogP contribution < -0.4 is 15.8 Å². The van der Waals surface area contributed by atoms with Crippen LogP contribution in [0.1, 0.15) is 38.1 Å². The Hall–Kier alpha value is -1.71. The van der Waals surface area contributed by atoms with Crippen molar-refractivity contribution in [2.75, 3.05) is 12.8 Å². The van der Waals surface area contributed by atoms with E-state index in [4.69, 9.17) is 10.5 Å². The van der Waals surface area contributed by atoms with Crippen LogP contribution in [0.25, 0.3) is 0 Å². The molecule has 1 aromatic rings. The first-order chi connectivity index (χ1) is 8.73. The molecule has 1 amide bonds. The number of para-hydroxylation sites is 1. The first-order valence-corrected chi connectivity index (χ1v) is 6.47. The maximum absolute atomic E-state index is 12.3. The minimum Gasteiger partial charge on any atom is -0.495 e. The lowest BCUT2D eigenvalue weighted by Gasteiger charge is -2.11. The first kappa shape index (κ1) is 13.7. The van der Waals surface area contributed by atoms with Crippen LogP contribution in [-0.4, -0.2) is 19.1 Å². The molecule has 0 bridgehead atoms. The first-order valence-electron chi connectivity index (χ1n) is 6.47. The third-order valence-electron chi connectivity index (χ3n) is 4.83. The molecule has 0 aliphatic heterocycles. The van der Waals surface area contributed by atoms with Crippen LogP contribution in [0.2, 0.25) is 0 Å². The van der Waals surface area contributed by atoms with Gasteiger partial charge in [0.2, 0.25) is 0 Å². The average molecular weight is 262 g/mol. The lowest BCUT2D eigenvalue weighted by atomic mass is 10.0. The highest BCUT2D eigenvalue weighted by atomic mass is 16.5. The fourth-order valence-corrected chi connectivity index (χ4v) is 2.69. The van der Waals surface area contributed by atoms with E-state index in [2.05, 4.69) is 33.0 Å². The Labute approximate surface area is 114 Å². The lowest BCUT2D eigenvalue weighted by Crippen LogP contribution is -2.30. The summed E-state index contributed by atoms with van der Waals surface area (Å²) in [6.07, 6.45) is 0. The van der Waals surface area contributed by atoms with Crippen molar-refractivity contribution < 1.29 is 9.53 Å². The van der Waals surface area contributed by atoms with Gasteiger partial charge in [0.25, 0.3) is 5.91 Å². The SMILES string of the molecule is COc1cccc(C(=O)NC2C(C)(C)C2(C)C)c1N. The van der Waals surface area contributed by atoms with Gasteiger partial charge in [0.1, 0.15) is 5.75 Å². The number of rotatable bonds is 3. The van der Waals surface area contributed by atoms with Crippen LogP contribution in [0.15, 0.2) is 18.2 Å². The summed E-state index contributed by atoms with van der Waals surface area (Å²) in [4.78, 5) is 12.3. The predicted molar refractivity (Wildman–Crippen MR) is 76.2 cm³/mol. The minimum absolute atomic E-state index is 0.107. The van der Waals surface area contributed by atoms with Crippen LogP contribution in [0.3, 0.4) is 0 Å². The molecule has 0 unspecified atom stereocenters. The highest BCUT2D eigenvalue weighted by Gasteiger charge is 2.65. The van der Waals surface area contributed by atoms with Crippen LogP contribution in [0.4, 0.5) is 5.69 Å². The normalized spacial score (nSPS) is 19.8. The second-order valence-corrected chi connectivity index (χ2v) is 6.27. The van der Waals surface area contributed by atoms with Crippen molar-refractivity contribution in [3.8, 4) is 5.75 Å². The Morgan fingerprint density at radius 2 is 1.84 bits per heavy atom. The van der Waals surface area contributed by atoms with E-state index in [-0.39, 0.29) is 22.8 Å². The number of nitrogens with two attached hydrogens (primary N) is 1. The Morgan fingerprint density at radius 1 is 1.26 bits per heavy atom. The highest BCUT2D eigenvalue weighted by molar-refractivity contribution is 6.00. The smallest absolute Gasteiger partial charge is 0.253 e. The number of amides is 1. The number of ether oxygens (including phenoxy) is 1. The number of nitrogens with one attached hydrogen (secondary N) is 1. The van der Waals surface area contributed by atoms with E-state index in [9.17, 15) is 4.79 Å². The number of methoxy groups -OCH3 is 1. The predicted octanol–water partition coefficient (Wildman–Crippen LogP) is 2.44. The van der Waals surface area contributed by atoms with Gasteiger partial charge in [-0.3, -0.25) is 4.79 Å². The molecule has 0 atom stereocenters. The number of hydrogen-bond donors (Lipinski definition) is 2. The van der Waals surface area contributed by atoms with Crippen LogP contribution in [0, 0.1) is 10.8 Å². The molecule has 1 aromatic carbocycles. The summed E-state index contributed by atoms with van der Waals surface area (Å²) in [5, 5.41) is 3.07. The van der Waals surface area contributed by atoms with Crippen LogP contribution in [0.5, 0.6) is 5.75 Å². The van der Waals surface area contributed by atoms with Gasteiger partial charge in [0, 0.05) is 6.04 Å². The second-order valence-electron chi connectivity index (χ2n) is 6.27. The molecule has 4 heteroatoms. The fraction of sp³-hybridized carbons (Fsp3) is 0.533. The molecule has 1 aliphatic carbocycles. The fourth-order valence-electron chi connectivity index (χ4n) is 2.69. The molecule has 1 saturated carbocycles. The molecular formula is C15H22N2O2. The van der Waals surface area contributed by atoms with Crippen molar-refractivity contribution >= 4 is 11.6 Å². The van der Waals surface area contributed by atoms with Crippen molar-refractivity contribution in [2.24, 2.45) is 10.8 Å². The van der Waals surface area contributed by atoms with Gasteiger partial charge in [-0.15, -0.1) is 0 Å². The molecule has 0 aromatic heterocycles. The van der Waals surface area contributed by atoms with E-state index in [0.717, 1.165) is 0 Å². The van der Waals surface area contributed by atoms with E-state index >= 15 is 0 Å². The van der Waals surface area contributed by atoms with Gasteiger partial charge in [-0.1, -0.05) is 33.8 Å². The minimum atomic E-state index is -0.139. The van der Waals surface area contributed by atoms with Crippen LogP contribution >= 0.6 is 0 Å². The standard InChI is InChI=1S/C15H22N2O2/c1-14(2)13(15(14,3)4)17-12(18)9-7-6-8-10(19-5)11(9)16/h6-8,13H,16H2,1-5H3,(H,17,18). The van der Waals surface area contributed by atoms with Crippen molar-refractivity contribution in [1.29, 1.82) is 0 Å². The summed E-state index contributed by atoms with van der Waals surface area (Å²) in [6.45, 7) is 8.64. The van der Waals surface area contributed by atoms with Crippen molar-refractivity contribution in [3.05, 3.63) is 23.8 Å². The zero-order chi connectivity index (χ0) is 14.4. The van der Waals surface area contributed by atoms with Crippen molar-refractivity contribution in [2.45, 2.75) is 33.7 Å². The molecule has 2 rings (SSSR count). The number of benzene rings is 1. The van der Waals surface area contributed by atoms with Crippen molar-refractivity contribution in [1.82, 2.24) is 5.32 Å². The van der Waals surface area contributed by atoms with E-state index in [1.807, 2.05) is 0 Å². The quantitative estimate of drug-likeness (QED) is 0.822. The molecule has 3 N–H and O–H groups in total. The Balaban J connectivity index is 2.19. The Kier molecular flexibility index (Phi) is 3.00. The van der Waals surface area contributed by atoms with Gasteiger partial charge in [-0.25, -0.2) is 0 Å². The summed E-state index contributed by atoms with van der Waals surface area (Å²) in [5.74, 6) is 0.391. The summed E-state index contributed by atoms with van der Waals surface area (Å²) in [6, 6.07) is 5.40. The summed E-state index contributed by atoms with van der Waals surface area (Å²) < 4.78 is 5.13. The maximum Gasteiger partial charge on any atom is 0.253 e. The van der Waals surface area contributed by atoms with Gasteiger partial charge in [0.15, 0.2) is 0 Å². The molecule has 0 spiro atoms. The number of anilines is 1. The molecule has 0 saturated heterocycles. The summed E-state index contributed by atoms with van der Waals surface area (Å²) in [5.41, 5.74) is 7.01. The zero-order valence-electron chi connectivity index (χ0n) is 12.2. The van der Waals surface area contributed by atoms with Crippen molar-refractivity contribution in [3.63, 3.8) is 0 Å². The van der Waals surface area contributed by atoms with Gasteiger partial charge >= 0.3 is 0 Å². The van der Waals surface area contributed by atoms with Crippen LogP contribution in [-0.2, 0) is 0 Å². The lowest BCUT2D eigenvalue weighted by molar-refractivity contribution is 0.0944. The topological polar surface area (TPSA) is 64.3 Å². The largest absolute Gasteiger partial charge is 0.495 e. The van der Waals surface area contributed by atoms with Gasteiger partial charge in [-0.05, 0) is 23.0 Å². The average Bonchev–Trinajstić information content (AvgIpc) is 2.72. The molecule has 1 fully saturated rings. The van der Waals surface area contributed by atoms with E-state index in [1.165, 1.54) is 0 Å². The molecule has 1 aliphatic rings. The second kappa shape index (κ2) is 4.15. The molecule has 4 nitrogen and oxygen atoms in total. The molecular weight excluding hydrogens is 240 g/mol. The van der Waals surface area contributed by atoms with Gasteiger partial charge in [-0.2, -0.15) is 0 Å². The summed E-state index contributed by atoms with van der Waals surface area (Å²) >= 11 is 0. The Morgan fingerprint density at radius 3 is 2.32 bits per heavy atom. The summed E-state index contributed by atoms with van der Waals surface area (Å²) in [7, 11) is 1.54. The monoisotopic (exact) mass is 262 g/mol. The van der Waals surface area contributed by atoms with E-state index in [0.29, 0.717) is 17.0 Å². The molecule has 0 heterocycles. The van der Waals surface area contributed by atoms with Gasteiger partial charge < -0.3 is 15.8 Å². The van der Waals surface area contributed by atoms with E-state index < -0.39 is 0 Å². The highest BCUT2D eigenvalue weighted by Crippen LogP contribution is 2.62. The molecule has 0 radical (unpaired) electrons. The Bertz CT molecular complexity index is 507. The third-order valence-corrected chi connectivity index (χ3v) is 4.83. The maximum atomic E-state index is 12.3. The molecule has 104 valence electrons. The molecule has 19 heavy (non-hydrogen) atoms. The number of carbonyl (C=O) groups is 1. The zero-order valence-corrected chi connectivity index (χ0v) is 12.2. The number of hydrogen-bond acceptors (Lipinski definition) is 3. The number of nitrogen functional groups attached to an aromatic ring is 1. The van der Waals surface area contributed by atoms with E-state index in [1.54, 1.807) is 25.3 Å².